The first-order valence-corrected chi connectivity index (χ1v) is 5.02. The fourth-order valence-corrected chi connectivity index (χ4v) is 1.88. The number of hydrogen-bond donors (Lipinski definition) is 2. The third kappa shape index (κ3) is 1.48. The summed E-state index contributed by atoms with van der Waals surface area (Å²) in [6.45, 7) is 0. The van der Waals surface area contributed by atoms with Gasteiger partial charge >= 0.3 is 5.97 Å². The van der Waals surface area contributed by atoms with Gasteiger partial charge in [-0.1, -0.05) is 6.07 Å². The first-order valence-electron chi connectivity index (χ1n) is 4.22. The number of fused-ring (bicyclic) bond motifs is 1. The zero-order valence-electron chi connectivity index (χ0n) is 7.87. The highest BCUT2D eigenvalue weighted by Crippen LogP contribution is 2.33. The van der Waals surface area contributed by atoms with E-state index in [9.17, 15) is 9.90 Å². The average molecular weight is 270 g/mol. The van der Waals surface area contributed by atoms with Crippen LogP contribution in [0.4, 0.5) is 0 Å². The molecule has 78 valence electrons. The summed E-state index contributed by atoms with van der Waals surface area (Å²) >= 11 is 3.32. The van der Waals surface area contributed by atoms with E-state index in [0.717, 1.165) is 4.47 Å². The van der Waals surface area contributed by atoms with E-state index in [1.807, 2.05) is 6.07 Å². The predicted octanol–water partition coefficient (Wildman–Crippen LogP) is 2.42. The molecular weight excluding hydrogens is 262 g/mol. The van der Waals surface area contributed by atoms with Gasteiger partial charge in [0.15, 0.2) is 11.4 Å². The van der Waals surface area contributed by atoms with Gasteiger partial charge in [0.2, 0.25) is 0 Å². The highest BCUT2D eigenvalue weighted by molar-refractivity contribution is 9.10. The lowest BCUT2D eigenvalue weighted by atomic mass is 10.2. The summed E-state index contributed by atoms with van der Waals surface area (Å²) in [6, 6.07) is 5.32. The van der Waals surface area contributed by atoms with Gasteiger partial charge in [-0.25, -0.2) is 4.79 Å². The molecule has 0 aliphatic carbocycles. The van der Waals surface area contributed by atoms with E-state index >= 15 is 0 Å². The number of methoxy groups -OCH3 is 1. The lowest BCUT2D eigenvalue weighted by Crippen LogP contribution is -2.01. The predicted molar refractivity (Wildman–Crippen MR) is 59.0 cm³/mol. The molecule has 0 unspecified atom stereocenters. The first-order chi connectivity index (χ1) is 7.15. The van der Waals surface area contributed by atoms with Gasteiger partial charge in [-0.2, -0.15) is 0 Å². The summed E-state index contributed by atoms with van der Waals surface area (Å²) in [7, 11) is 1.27. The number of carbonyl (C=O) groups excluding carboxylic acids is 1. The molecule has 2 N–H and O–H groups in total. The Bertz CT molecular complexity index is 533. The van der Waals surface area contributed by atoms with Crippen LogP contribution in [-0.4, -0.2) is 23.2 Å². The van der Waals surface area contributed by atoms with Crippen LogP contribution in [0.1, 0.15) is 10.5 Å². The van der Waals surface area contributed by atoms with Crippen LogP contribution in [0.5, 0.6) is 5.75 Å². The monoisotopic (exact) mass is 269 g/mol. The Morgan fingerprint density at radius 2 is 2.27 bits per heavy atom. The van der Waals surface area contributed by atoms with Gasteiger partial charge in [-0.15, -0.1) is 0 Å². The number of nitrogens with one attached hydrogen (secondary N) is 1. The number of ether oxygens (including phenoxy) is 1. The second-order valence-corrected chi connectivity index (χ2v) is 3.86. The minimum atomic E-state index is -0.587. The van der Waals surface area contributed by atoms with Crippen LogP contribution in [0.15, 0.2) is 22.7 Å². The van der Waals surface area contributed by atoms with Crippen LogP contribution in [0.3, 0.4) is 0 Å². The second kappa shape index (κ2) is 3.58. The maximum Gasteiger partial charge on any atom is 0.358 e. The van der Waals surface area contributed by atoms with E-state index < -0.39 is 5.97 Å². The third-order valence-electron chi connectivity index (χ3n) is 2.15. The topological polar surface area (TPSA) is 62.3 Å². The Labute approximate surface area is 94.0 Å². The molecule has 2 rings (SSSR count). The van der Waals surface area contributed by atoms with E-state index in [-0.39, 0.29) is 11.4 Å². The number of para-hydroxylation sites is 1. The summed E-state index contributed by atoms with van der Waals surface area (Å²) < 4.78 is 5.32. The SMILES string of the molecule is COC(=O)c1[nH]c2c(Br)cccc2c1O. The fraction of sp³-hybridized carbons (Fsp3) is 0.100. The second-order valence-electron chi connectivity index (χ2n) is 3.00. The minimum absolute atomic E-state index is 0.0689. The number of rotatable bonds is 1. The van der Waals surface area contributed by atoms with Gasteiger partial charge in [0.1, 0.15) is 0 Å². The van der Waals surface area contributed by atoms with Crippen LogP contribution < -0.4 is 0 Å². The molecule has 0 atom stereocenters. The molecule has 0 fully saturated rings. The minimum Gasteiger partial charge on any atom is -0.505 e. The number of H-pyrrole nitrogens is 1. The molecule has 0 bridgehead atoms. The summed E-state index contributed by atoms with van der Waals surface area (Å²) in [5.41, 5.74) is 0.745. The Morgan fingerprint density at radius 3 is 2.87 bits per heavy atom. The molecule has 0 spiro atoms. The van der Waals surface area contributed by atoms with Gasteiger partial charge in [0, 0.05) is 9.86 Å². The quantitative estimate of drug-likeness (QED) is 0.782. The van der Waals surface area contributed by atoms with Crippen LogP contribution >= 0.6 is 15.9 Å². The number of aromatic amines is 1. The molecule has 0 amide bonds. The lowest BCUT2D eigenvalue weighted by molar-refractivity contribution is 0.0592. The summed E-state index contributed by atoms with van der Waals surface area (Å²) in [6.07, 6.45) is 0. The largest absolute Gasteiger partial charge is 0.505 e. The number of benzene rings is 1. The van der Waals surface area contributed by atoms with E-state index in [2.05, 4.69) is 25.7 Å². The number of esters is 1. The van der Waals surface area contributed by atoms with Crippen molar-refractivity contribution in [2.45, 2.75) is 0 Å². The maximum absolute atomic E-state index is 11.3. The van der Waals surface area contributed by atoms with E-state index in [1.54, 1.807) is 12.1 Å². The summed E-state index contributed by atoms with van der Waals surface area (Å²) in [4.78, 5) is 14.1. The van der Waals surface area contributed by atoms with Crippen LogP contribution in [0, 0.1) is 0 Å². The summed E-state index contributed by atoms with van der Waals surface area (Å²) in [5.74, 6) is -0.672. The van der Waals surface area contributed by atoms with Crippen molar-refractivity contribution >= 4 is 32.8 Å². The molecule has 0 saturated heterocycles. The number of halogens is 1. The molecule has 1 heterocycles. The van der Waals surface area contributed by atoms with Crippen LogP contribution in [-0.2, 0) is 4.74 Å². The fourth-order valence-electron chi connectivity index (χ4n) is 1.42. The lowest BCUT2D eigenvalue weighted by Gasteiger charge is -1.94. The molecule has 2 aromatic rings. The van der Waals surface area contributed by atoms with Crippen LogP contribution in [0.25, 0.3) is 10.9 Å². The van der Waals surface area contributed by atoms with Crippen molar-refractivity contribution in [2.24, 2.45) is 0 Å². The molecule has 0 saturated carbocycles. The van der Waals surface area contributed by atoms with Gasteiger partial charge in [0.05, 0.1) is 12.6 Å². The maximum atomic E-state index is 11.3. The standard InChI is InChI=1S/C10H8BrNO3/c1-15-10(14)8-9(13)5-3-2-4-6(11)7(5)12-8/h2-4,12-13H,1H3. The Kier molecular flexibility index (Phi) is 2.40. The number of hydrogen-bond acceptors (Lipinski definition) is 3. The highest BCUT2D eigenvalue weighted by atomic mass is 79.9. The highest BCUT2D eigenvalue weighted by Gasteiger charge is 2.18. The molecule has 15 heavy (non-hydrogen) atoms. The molecule has 5 heteroatoms. The number of aromatic hydroxyl groups is 1. The average Bonchev–Trinajstić information content (AvgIpc) is 2.57. The van der Waals surface area contributed by atoms with Crippen molar-refractivity contribution in [3.05, 3.63) is 28.4 Å². The van der Waals surface area contributed by atoms with Gasteiger partial charge in [-0.05, 0) is 28.1 Å². The Morgan fingerprint density at radius 1 is 1.53 bits per heavy atom. The Hall–Kier alpha value is -1.49. The molecule has 4 nitrogen and oxygen atoms in total. The van der Waals surface area contributed by atoms with E-state index in [1.165, 1.54) is 7.11 Å². The smallest absolute Gasteiger partial charge is 0.358 e. The Balaban J connectivity index is 2.75. The molecule has 0 aliphatic rings. The normalized spacial score (nSPS) is 10.5. The van der Waals surface area contributed by atoms with Gasteiger partial charge in [0.25, 0.3) is 0 Å². The van der Waals surface area contributed by atoms with Crippen molar-refractivity contribution in [3.63, 3.8) is 0 Å². The van der Waals surface area contributed by atoms with Crippen molar-refractivity contribution < 1.29 is 14.6 Å². The molecule has 0 radical (unpaired) electrons. The summed E-state index contributed by atoms with van der Waals surface area (Å²) in [5, 5.41) is 10.4. The zero-order valence-corrected chi connectivity index (χ0v) is 9.46. The first kappa shape index (κ1) is 10.0. The number of aromatic nitrogens is 1. The number of carbonyl (C=O) groups is 1. The van der Waals surface area contributed by atoms with Crippen LogP contribution in [0.2, 0.25) is 0 Å². The van der Waals surface area contributed by atoms with Crippen molar-refractivity contribution in [1.29, 1.82) is 0 Å². The van der Waals surface area contributed by atoms with Gasteiger partial charge < -0.3 is 14.8 Å². The van der Waals surface area contributed by atoms with Crippen molar-refractivity contribution in [1.82, 2.24) is 4.98 Å². The van der Waals surface area contributed by atoms with Crippen molar-refractivity contribution in [3.8, 4) is 5.75 Å². The van der Waals surface area contributed by atoms with Gasteiger partial charge in [-0.3, -0.25) is 0 Å². The third-order valence-corrected chi connectivity index (χ3v) is 2.81. The molecule has 1 aromatic heterocycles. The molecule has 0 aliphatic heterocycles. The van der Waals surface area contributed by atoms with E-state index in [0.29, 0.717) is 10.9 Å². The van der Waals surface area contributed by atoms with Crippen molar-refractivity contribution in [2.75, 3.05) is 7.11 Å². The van der Waals surface area contributed by atoms with E-state index in [4.69, 9.17) is 0 Å². The molecule has 1 aromatic carbocycles. The molecular formula is C10H8BrNO3. The zero-order chi connectivity index (χ0) is 11.0.